The van der Waals surface area contributed by atoms with Crippen molar-refractivity contribution in [3.8, 4) is 11.1 Å². The summed E-state index contributed by atoms with van der Waals surface area (Å²) in [6.45, 7) is 1.53. The average Bonchev–Trinajstić information content (AvgIpc) is 3.15. The van der Waals surface area contributed by atoms with E-state index in [2.05, 4.69) is 34.9 Å². The van der Waals surface area contributed by atoms with Crippen molar-refractivity contribution in [2.45, 2.75) is 56.6 Å². The van der Waals surface area contributed by atoms with Gasteiger partial charge in [-0.25, -0.2) is 4.79 Å². The molecule has 2 amide bonds. The maximum Gasteiger partial charge on any atom is 0.407 e. The smallest absolute Gasteiger partial charge is 0.407 e. The predicted octanol–water partition coefficient (Wildman–Crippen LogP) is 3.43. The molecule has 186 valence electrons. The van der Waals surface area contributed by atoms with Gasteiger partial charge in [-0.05, 0) is 54.9 Å². The van der Waals surface area contributed by atoms with Gasteiger partial charge in [0.25, 0.3) is 0 Å². The summed E-state index contributed by atoms with van der Waals surface area (Å²) in [5.41, 5.74) is 3.19. The third kappa shape index (κ3) is 6.00. The highest BCUT2D eigenvalue weighted by atomic mass is 16.5. The Kier molecular flexibility index (Phi) is 7.40. The SMILES string of the molecule is CC(O)(CNC(=O)C1CCC(NC(=O)OCC2c3ccccc3-c3ccccc32)CC1)CC(=O)O. The number of alkyl carbamates (subject to hydrolysis) is 1. The number of rotatable bonds is 8. The summed E-state index contributed by atoms with van der Waals surface area (Å²) >= 11 is 0. The number of aliphatic carboxylic acids is 1. The number of carboxylic acids is 1. The van der Waals surface area contributed by atoms with Crippen molar-refractivity contribution in [1.29, 1.82) is 0 Å². The summed E-state index contributed by atoms with van der Waals surface area (Å²) in [4.78, 5) is 35.7. The fourth-order valence-corrected chi connectivity index (χ4v) is 5.12. The summed E-state index contributed by atoms with van der Waals surface area (Å²) in [6, 6.07) is 16.3. The number of hydrogen-bond acceptors (Lipinski definition) is 5. The van der Waals surface area contributed by atoms with Gasteiger partial charge in [0, 0.05) is 24.4 Å². The molecule has 8 heteroatoms. The molecule has 0 bridgehead atoms. The molecule has 2 aromatic carbocycles. The van der Waals surface area contributed by atoms with Gasteiger partial charge in [-0.1, -0.05) is 48.5 Å². The highest BCUT2D eigenvalue weighted by molar-refractivity contribution is 5.80. The van der Waals surface area contributed by atoms with Crippen LogP contribution in [-0.4, -0.2) is 53.0 Å². The van der Waals surface area contributed by atoms with Gasteiger partial charge in [0.15, 0.2) is 0 Å². The quantitative estimate of drug-likeness (QED) is 0.459. The Hall–Kier alpha value is -3.39. The third-order valence-corrected chi connectivity index (χ3v) is 6.94. The minimum absolute atomic E-state index is 0.00548. The Morgan fingerprint density at radius 2 is 1.54 bits per heavy atom. The van der Waals surface area contributed by atoms with Crippen LogP contribution < -0.4 is 10.6 Å². The van der Waals surface area contributed by atoms with Crippen molar-refractivity contribution in [2.75, 3.05) is 13.2 Å². The van der Waals surface area contributed by atoms with Crippen molar-refractivity contribution >= 4 is 18.0 Å². The van der Waals surface area contributed by atoms with E-state index in [1.54, 1.807) is 0 Å². The number of carboxylic acid groups (broad SMARTS) is 1. The fourth-order valence-electron chi connectivity index (χ4n) is 5.12. The molecule has 1 atom stereocenters. The third-order valence-electron chi connectivity index (χ3n) is 6.94. The van der Waals surface area contributed by atoms with E-state index < -0.39 is 24.1 Å². The van der Waals surface area contributed by atoms with E-state index in [1.165, 1.54) is 18.1 Å². The first kappa shape index (κ1) is 24.7. The first-order valence-electron chi connectivity index (χ1n) is 12.1. The van der Waals surface area contributed by atoms with E-state index in [1.807, 2.05) is 24.3 Å². The zero-order valence-electron chi connectivity index (χ0n) is 19.8. The Bertz CT molecular complexity index is 1050. The first-order chi connectivity index (χ1) is 16.7. The van der Waals surface area contributed by atoms with Gasteiger partial charge in [-0.3, -0.25) is 9.59 Å². The summed E-state index contributed by atoms with van der Waals surface area (Å²) in [5.74, 6) is -1.54. The van der Waals surface area contributed by atoms with Gasteiger partial charge in [-0.15, -0.1) is 0 Å². The van der Waals surface area contributed by atoms with Gasteiger partial charge < -0.3 is 25.6 Å². The van der Waals surface area contributed by atoms with E-state index in [4.69, 9.17) is 9.84 Å². The Morgan fingerprint density at radius 3 is 2.11 bits per heavy atom. The van der Waals surface area contributed by atoms with Gasteiger partial charge in [0.05, 0.1) is 12.0 Å². The second-order valence-corrected chi connectivity index (χ2v) is 9.80. The number of carbonyl (C=O) groups excluding carboxylic acids is 2. The molecular weight excluding hydrogens is 448 g/mol. The van der Waals surface area contributed by atoms with Crippen molar-refractivity contribution in [2.24, 2.45) is 5.92 Å². The predicted molar refractivity (Wildman–Crippen MR) is 130 cm³/mol. The van der Waals surface area contributed by atoms with E-state index in [0.29, 0.717) is 25.7 Å². The topological polar surface area (TPSA) is 125 Å². The van der Waals surface area contributed by atoms with Gasteiger partial charge in [0.1, 0.15) is 6.61 Å². The normalized spacial score (nSPS) is 20.7. The van der Waals surface area contributed by atoms with E-state index >= 15 is 0 Å². The summed E-state index contributed by atoms with van der Waals surface area (Å²) < 4.78 is 5.62. The summed E-state index contributed by atoms with van der Waals surface area (Å²) in [5, 5.41) is 24.5. The average molecular weight is 481 g/mol. The lowest BCUT2D eigenvalue weighted by Crippen LogP contribution is -2.46. The largest absolute Gasteiger partial charge is 0.481 e. The van der Waals surface area contributed by atoms with Crippen LogP contribution >= 0.6 is 0 Å². The van der Waals surface area contributed by atoms with Crippen LogP contribution in [0.2, 0.25) is 0 Å². The second kappa shape index (κ2) is 10.5. The maximum absolute atomic E-state index is 12.5. The molecular formula is C27H32N2O6. The zero-order chi connectivity index (χ0) is 25.0. The highest BCUT2D eigenvalue weighted by Gasteiger charge is 2.31. The number of fused-ring (bicyclic) bond motifs is 3. The fraction of sp³-hybridized carbons (Fsp3) is 0.444. The number of amides is 2. The van der Waals surface area contributed by atoms with Crippen LogP contribution in [0.3, 0.4) is 0 Å². The Labute approximate surface area is 204 Å². The number of carbonyl (C=O) groups is 3. The Morgan fingerprint density at radius 1 is 0.971 bits per heavy atom. The number of hydrogen-bond donors (Lipinski definition) is 4. The lowest BCUT2D eigenvalue weighted by Gasteiger charge is -2.29. The number of benzene rings is 2. The van der Waals surface area contributed by atoms with Crippen LogP contribution in [0.4, 0.5) is 4.79 Å². The maximum atomic E-state index is 12.5. The van der Waals surface area contributed by atoms with Crippen LogP contribution in [0.25, 0.3) is 11.1 Å². The molecule has 4 rings (SSSR count). The molecule has 0 saturated heterocycles. The van der Waals surface area contributed by atoms with Crippen LogP contribution in [0, 0.1) is 5.92 Å². The van der Waals surface area contributed by atoms with Crippen LogP contribution in [0.15, 0.2) is 48.5 Å². The monoisotopic (exact) mass is 480 g/mol. The molecule has 0 aromatic heterocycles. The second-order valence-electron chi connectivity index (χ2n) is 9.80. The summed E-state index contributed by atoms with van der Waals surface area (Å²) in [7, 11) is 0. The summed E-state index contributed by atoms with van der Waals surface area (Å²) in [6.07, 6.45) is 1.60. The van der Waals surface area contributed by atoms with E-state index in [-0.39, 0.29) is 36.9 Å². The van der Waals surface area contributed by atoms with Crippen molar-refractivity contribution in [3.05, 3.63) is 59.7 Å². The lowest BCUT2D eigenvalue weighted by atomic mass is 9.85. The molecule has 2 aliphatic carbocycles. The molecule has 1 fully saturated rings. The highest BCUT2D eigenvalue weighted by Crippen LogP contribution is 2.44. The standard InChI is InChI=1S/C27H32N2O6/c1-27(34,14-24(30)31)16-28-25(32)17-10-12-18(13-11-17)29-26(33)35-15-23-21-8-4-2-6-19(21)20-7-3-5-9-22(20)23/h2-9,17-18,23,34H,10-16H2,1H3,(H,28,32)(H,29,33)(H,30,31). The van der Waals surface area contributed by atoms with Crippen LogP contribution in [0.5, 0.6) is 0 Å². The van der Waals surface area contributed by atoms with Gasteiger partial charge in [-0.2, -0.15) is 0 Å². The number of aliphatic hydroxyl groups is 1. The molecule has 4 N–H and O–H groups in total. The minimum atomic E-state index is -1.50. The molecule has 0 heterocycles. The molecule has 1 saturated carbocycles. The molecule has 0 radical (unpaired) electrons. The van der Waals surface area contributed by atoms with Crippen molar-refractivity contribution in [3.63, 3.8) is 0 Å². The first-order valence-corrected chi connectivity index (χ1v) is 12.1. The molecule has 2 aromatic rings. The van der Waals surface area contributed by atoms with Crippen molar-refractivity contribution in [1.82, 2.24) is 10.6 Å². The van der Waals surface area contributed by atoms with Gasteiger partial charge in [0.2, 0.25) is 5.91 Å². The lowest BCUT2D eigenvalue weighted by molar-refractivity contribution is -0.142. The van der Waals surface area contributed by atoms with Gasteiger partial charge >= 0.3 is 12.1 Å². The zero-order valence-corrected chi connectivity index (χ0v) is 19.8. The van der Waals surface area contributed by atoms with Crippen LogP contribution in [0.1, 0.15) is 56.1 Å². The molecule has 2 aliphatic rings. The molecule has 1 unspecified atom stereocenters. The molecule has 0 aliphatic heterocycles. The van der Waals surface area contributed by atoms with E-state index in [0.717, 1.165) is 11.1 Å². The number of nitrogens with one attached hydrogen (secondary N) is 2. The molecule has 0 spiro atoms. The van der Waals surface area contributed by atoms with E-state index in [9.17, 15) is 19.5 Å². The van der Waals surface area contributed by atoms with Crippen molar-refractivity contribution < 1.29 is 29.3 Å². The van der Waals surface area contributed by atoms with Crippen LogP contribution in [-0.2, 0) is 14.3 Å². The number of ether oxygens (including phenoxy) is 1. The Balaban J connectivity index is 1.22. The molecule has 8 nitrogen and oxygen atoms in total. The minimum Gasteiger partial charge on any atom is -0.481 e. The molecule has 35 heavy (non-hydrogen) atoms.